The molecule has 0 aliphatic rings. The average molecular weight is 354 g/mol. The number of hydrogen-bond acceptors (Lipinski definition) is 3. The van der Waals surface area contributed by atoms with Crippen LogP contribution in [-0.4, -0.2) is 17.6 Å². The highest BCUT2D eigenvalue weighted by Crippen LogP contribution is 2.21. The second-order valence-corrected chi connectivity index (χ2v) is 7.22. The minimum absolute atomic E-state index is 0.460. The van der Waals surface area contributed by atoms with Gasteiger partial charge >= 0.3 is 12.0 Å². The van der Waals surface area contributed by atoms with Crippen LogP contribution in [0.5, 0.6) is 0 Å². The molecule has 5 nitrogen and oxygen atoms in total. The number of rotatable bonds is 4. The predicted molar refractivity (Wildman–Crippen MR) is 103 cm³/mol. The van der Waals surface area contributed by atoms with E-state index in [4.69, 9.17) is 4.74 Å². The van der Waals surface area contributed by atoms with Gasteiger partial charge in [0.25, 0.3) is 0 Å². The largest absolute Gasteiger partial charge is 0.458 e. The summed E-state index contributed by atoms with van der Waals surface area (Å²) in [6.07, 6.45) is 0. The minimum Gasteiger partial charge on any atom is -0.458 e. The van der Waals surface area contributed by atoms with Gasteiger partial charge in [-0.2, -0.15) is 0 Å². The molecule has 0 spiro atoms. The van der Waals surface area contributed by atoms with Gasteiger partial charge in [-0.15, -0.1) is 0 Å². The Morgan fingerprint density at radius 1 is 0.962 bits per heavy atom. The number of ether oxygens (including phenoxy) is 1. The standard InChI is InChI=1S/C21H26N2O3/c1-14-10-9-13-17(15(14)2)22-20(25)23-18(16-11-7-6-8-12-16)19(24)26-21(3,4)5/h6-13,18H,1-5H3,(H2,22,23,25)/t18-/m1/s1. The molecule has 2 aromatic rings. The van der Waals surface area contributed by atoms with Crippen LogP contribution < -0.4 is 10.6 Å². The maximum Gasteiger partial charge on any atom is 0.333 e. The third kappa shape index (κ3) is 5.34. The lowest BCUT2D eigenvalue weighted by molar-refractivity contribution is -0.157. The normalized spacial score (nSPS) is 12.2. The third-order valence-corrected chi connectivity index (χ3v) is 3.90. The fraction of sp³-hybridized carbons (Fsp3) is 0.333. The van der Waals surface area contributed by atoms with E-state index < -0.39 is 23.6 Å². The summed E-state index contributed by atoms with van der Waals surface area (Å²) in [5, 5.41) is 5.54. The maximum absolute atomic E-state index is 12.6. The van der Waals surface area contributed by atoms with E-state index in [1.807, 2.05) is 50.2 Å². The monoisotopic (exact) mass is 354 g/mol. The van der Waals surface area contributed by atoms with E-state index in [1.165, 1.54) is 0 Å². The highest BCUT2D eigenvalue weighted by Gasteiger charge is 2.28. The van der Waals surface area contributed by atoms with Gasteiger partial charge in [0.1, 0.15) is 5.60 Å². The number of benzene rings is 2. The smallest absolute Gasteiger partial charge is 0.333 e. The molecule has 1 atom stereocenters. The number of amides is 2. The molecule has 2 amide bonds. The average Bonchev–Trinajstić information content (AvgIpc) is 2.56. The van der Waals surface area contributed by atoms with E-state index >= 15 is 0 Å². The van der Waals surface area contributed by atoms with E-state index in [0.717, 1.165) is 11.1 Å². The predicted octanol–water partition coefficient (Wildman–Crippen LogP) is 4.51. The second-order valence-electron chi connectivity index (χ2n) is 7.22. The Kier molecular flexibility index (Phi) is 6.03. The van der Waals surface area contributed by atoms with E-state index in [9.17, 15) is 9.59 Å². The Labute approximate surface area is 154 Å². The summed E-state index contributed by atoms with van der Waals surface area (Å²) in [7, 11) is 0. The van der Waals surface area contributed by atoms with E-state index in [0.29, 0.717) is 11.3 Å². The van der Waals surface area contributed by atoms with Crippen LogP contribution in [0.2, 0.25) is 0 Å². The summed E-state index contributed by atoms with van der Waals surface area (Å²) >= 11 is 0. The quantitative estimate of drug-likeness (QED) is 0.794. The van der Waals surface area contributed by atoms with Crippen molar-refractivity contribution in [2.75, 3.05) is 5.32 Å². The molecule has 0 bridgehead atoms. The van der Waals surface area contributed by atoms with Gasteiger partial charge in [0.15, 0.2) is 6.04 Å². The molecule has 0 aliphatic carbocycles. The molecule has 0 unspecified atom stereocenters. The summed E-state index contributed by atoms with van der Waals surface area (Å²) in [4.78, 5) is 25.1. The molecule has 2 rings (SSSR count). The first-order valence-corrected chi connectivity index (χ1v) is 8.59. The van der Waals surface area contributed by atoms with Crippen molar-refractivity contribution in [2.45, 2.75) is 46.3 Å². The maximum atomic E-state index is 12.6. The Bertz CT molecular complexity index is 780. The fourth-order valence-electron chi connectivity index (χ4n) is 2.46. The molecule has 0 heterocycles. The van der Waals surface area contributed by atoms with Crippen LogP contribution >= 0.6 is 0 Å². The summed E-state index contributed by atoms with van der Waals surface area (Å²) < 4.78 is 5.47. The molecular formula is C21H26N2O3. The number of esters is 1. The van der Waals surface area contributed by atoms with E-state index in [-0.39, 0.29) is 0 Å². The molecule has 0 aliphatic heterocycles. The number of aryl methyl sites for hydroxylation is 1. The van der Waals surface area contributed by atoms with Gasteiger partial charge < -0.3 is 15.4 Å². The van der Waals surface area contributed by atoms with Crippen LogP contribution in [0.15, 0.2) is 48.5 Å². The Morgan fingerprint density at radius 3 is 2.23 bits per heavy atom. The lowest BCUT2D eigenvalue weighted by Gasteiger charge is -2.25. The summed E-state index contributed by atoms with van der Waals surface area (Å²) in [6, 6.07) is 13.4. The van der Waals surface area contributed by atoms with E-state index in [1.54, 1.807) is 32.9 Å². The third-order valence-electron chi connectivity index (χ3n) is 3.90. The van der Waals surface area contributed by atoms with Crippen molar-refractivity contribution in [3.8, 4) is 0 Å². The van der Waals surface area contributed by atoms with Crippen LogP contribution in [0, 0.1) is 13.8 Å². The summed E-state index contributed by atoms with van der Waals surface area (Å²) in [6.45, 7) is 9.30. The molecule has 0 saturated carbocycles. The Hall–Kier alpha value is -2.82. The number of hydrogen-bond donors (Lipinski definition) is 2. The molecule has 0 saturated heterocycles. The highest BCUT2D eigenvalue weighted by molar-refractivity contribution is 5.93. The van der Waals surface area contributed by atoms with Gasteiger partial charge in [0.2, 0.25) is 0 Å². The zero-order chi connectivity index (χ0) is 19.3. The molecule has 0 fully saturated rings. The molecular weight excluding hydrogens is 328 g/mol. The molecule has 26 heavy (non-hydrogen) atoms. The van der Waals surface area contributed by atoms with Crippen LogP contribution in [0.4, 0.5) is 10.5 Å². The van der Waals surface area contributed by atoms with Gasteiger partial charge in [-0.1, -0.05) is 42.5 Å². The van der Waals surface area contributed by atoms with Crippen LogP contribution in [0.25, 0.3) is 0 Å². The first-order valence-electron chi connectivity index (χ1n) is 8.59. The number of carbonyl (C=O) groups excluding carboxylic acids is 2. The lowest BCUT2D eigenvalue weighted by Crippen LogP contribution is -2.40. The number of anilines is 1. The highest BCUT2D eigenvalue weighted by atomic mass is 16.6. The van der Waals surface area contributed by atoms with Crippen LogP contribution in [0.3, 0.4) is 0 Å². The van der Waals surface area contributed by atoms with Crippen LogP contribution in [0.1, 0.15) is 43.5 Å². The Balaban J connectivity index is 2.19. The molecule has 0 aromatic heterocycles. The number of carbonyl (C=O) groups is 2. The second kappa shape index (κ2) is 8.04. The van der Waals surface area contributed by atoms with Gasteiger partial charge in [-0.3, -0.25) is 0 Å². The lowest BCUT2D eigenvalue weighted by atomic mass is 10.1. The summed E-state index contributed by atoms with van der Waals surface area (Å²) in [5.74, 6) is -0.500. The van der Waals surface area contributed by atoms with Gasteiger partial charge in [0.05, 0.1) is 0 Å². The fourth-order valence-corrected chi connectivity index (χ4v) is 2.46. The van der Waals surface area contributed by atoms with Crippen molar-refractivity contribution in [1.82, 2.24) is 5.32 Å². The van der Waals surface area contributed by atoms with Gasteiger partial charge in [-0.25, -0.2) is 9.59 Å². The molecule has 2 N–H and O–H groups in total. The SMILES string of the molecule is Cc1cccc(NC(=O)N[C@@H](C(=O)OC(C)(C)C)c2ccccc2)c1C. The van der Waals surface area contributed by atoms with Crippen molar-refractivity contribution in [2.24, 2.45) is 0 Å². The first-order chi connectivity index (χ1) is 12.2. The molecule has 138 valence electrons. The van der Waals surface area contributed by atoms with Crippen molar-refractivity contribution in [1.29, 1.82) is 0 Å². The number of urea groups is 1. The van der Waals surface area contributed by atoms with Crippen molar-refractivity contribution in [3.63, 3.8) is 0 Å². The summed E-state index contributed by atoms with van der Waals surface area (Å²) in [5.41, 5.74) is 2.79. The van der Waals surface area contributed by atoms with Gasteiger partial charge in [-0.05, 0) is 57.4 Å². The Morgan fingerprint density at radius 2 is 1.62 bits per heavy atom. The number of nitrogens with one attached hydrogen (secondary N) is 2. The van der Waals surface area contributed by atoms with Crippen molar-refractivity contribution < 1.29 is 14.3 Å². The van der Waals surface area contributed by atoms with Crippen molar-refractivity contribution >= 4 is 17.7 Å². The van der Waals surface area contributed by atoms with Crippen LogP contribution in [-0.2, 0) is 9.53 Å². The topological polar surface area (TPSA) is 67.4 Å². The first kappa shape index (κ1) is 19.5. The molecule has 0 radical (unpaired) electrons. The van der Waals surface area contributed by atoms with Crippen molar-refractivity contribution in [3.05, 3.63) is 65.2 Å². The molecule has 5 heteroatoms. The van der Waals surface area contributed by atoms with E-state index in [2.05, 4.69) is 10.6 Å². The zero-order valence-corrected chi connectivity index (χ0v) is 15.9. The zero-order valence-electron chi connectivity index (χ0n) is 15.9. The molecule has 2 aromatic carbocycles. The minimum atomic E-state index is -0.888. The van der Waals surface area contributed by atoms with Gasteiger partial charge in [0, 0.05) is 5.69 Å².